The van der Waals surface area contributed by atoms with Gasteiger partial charge in [-0.1, -0.05) is 71.4 Å². The summed E-state index contributed by atoms with van der Waals surface area (Å²) in [6.07, 6.45) is 7.80. The van der Waals surface area contributed by atoms with Crippen molar-refractivity contribution in [2.24, 2.45) is 5.41 Å². The van der Waals surface area contributed by atoms with E-state index in [1.54, 1.807) is 47.6 Å². The Kier molecular flexibility index (Phi) is 18.3. The van der Waals surface area contributed by atoms with Crippen molar-refractivity contribution >= 4 is 58.2 Å². The number of fused-ring (bicyclic) bond motifs is 3. The van der Waals surface area contributed by atoms with Crippen molar-refractivity contribution in [3.63, 3.8) is 0 Å². The number of nitrogens with zero attached hydrogens (tertiary/aromatic N) is 8. The maximum Gasteiger partial charge on any atom is 0.293 e. The molecule has 0 radical (unpaired) electrons. The Morgan fingerprint density at radius 2 is 1.70 bits per heavy atom. The lowest BCUT2D eigenvalue weighted by Crippen LogP contribution is -2.58. The molecule has 5 heterocycles. The van der Waals surface area contributed by atoms with E-state index in [1.165, 1.54) is 12.0 Å². The molecular formula is C54H68N12O9S. The number of carbonyl (C=O) groups is 4. The summed E-state index contributed by atoms with van der Waals surface area (Å²) in [5.74, 6) is 0.328. The minimum atomic E-state index is -0.990. The Morgan fingerprint density at radius 3 is 2.38 bits per heavy atom. The number of hydrogen-bond donors (Lipinski definition) is 5. The third-order valence-electron chi connectivity index (χ3n) is 13.8. The van der Waals surface area contributed by atoms with Crippen molar-refractivity contribution in [1.29, 1.82) is 0 Å². The minimum absolute atomic E-state index is 0.0327. The number of nitrogens with one attached hydrogen (secondary N) is 4. The van der Waals surface area contributed by atoms with Crippen molar-refractivity contribution in [2.45, 2.75) is 110 Å². The molecule has 2 aromatic carbocycles. The summed E-state index contributed by atoms with van der Waals surface area (Å²) in [5.41, 5.74) is 6.60. The van der Waals surface area contributed by atoms with Crippen LogP contribution >= 0.6 is 11.3 Å². The van der Waals surface area contributed by atoms with Gasteiger partial charge in [-0.2, -0.15) is 4.98 Å². The fourth-order valence-corrected chi connectivity index (χ4v) is 10.8. The third-order valence-corrected chi connectivity index (χ3v) is 14.8. The molecule has 22 heteroatoms. The molecule has 404 valence electrons. The average Bonchev–Trinajstić information content (AvgIpc) is 4.27. The number of hydrogen-bond acceptors (Lipinski definition) is 16. The van der Waals surface area contributed by atoms with E-state index in [2.05, 4.69) is 52.9 Å². The summed E-state index contributed by atoms with van der Waals surface area (Å²) in [5, 5.41) is 22.4. The predicted octanol–water partition coefficient (Wildman–Crippen LogP) is 6.20. The first kappa shape index (κ1) is 55.2. The smallest absolute Gasteiger partial charge is 0.293 e. The molecule has 8 rings (SSSR count). The fourth-order valence-electron chi connectivity index (χ4n) is 9.98. The zero-order valence-electron chi connectivity index (χ0n) is 44.0. The highest BCUT2D eigenvalue weighted by Gasteiger charge is 2.45. The second-order valence-corrected chi connectivity index (χ2v) is 21.0. The third kappa shape index (κ3) is 13.0. The predicted molar refractivity (Wildman–Crippen MR) is 286 cm³/mol. The topological polar surface area (TPSA) is 241 Å². The molecule has 0 bridgehead atoms. The van der Waals surface area contributed by atoms with Crippen molar-refractivity contribution in [3.05, 3.63) is 94.4 Å². The molecule has 3 aliphatic rings. The van der Waals surface area contributed by atoms with Gasteiger partial charge in [0.2, 0.25) is 23.7 Å². The van der Waals surface area contributed by atoms with Crippen molar-refractivity contribution in [2.75, 3.05) is 70.1 Å². The molecule has 1 saturated carbocycles. The van der Waals surface area contributed by atoms with Gasteiger partial charge in [0.1, 0.15) is 30.1 Å². The van der Waals surface area contributed by atoms with Crippen LogP contribution in [0.2, 0.25) is 0 Å². The van der Waals surface area contributed by atoms with Gasteiger partial charge >= 0.3 is 0 Å². The van der Waals surface area contributed by atoms with E-state index in [4.69, 9.17) is 30.5 Å². The molecule has 1 aliphatic carbocycles. The Bertz CT molecular complexity index is 2870. The van der Waals surface area contributed by atoms with Gasteiger partial charge in [0.15, 0.2) is 12.1 Å². The number of benzene rings is 2. The van der Waals surface area contributed by atoms with E-state index in [0.717, 1.165) is 71.0 Å². The SMILES string of the molecule is [C-]#[N+]c1ncn2c1[C@@H](CC)N(C1CCCC1)c1nc(Nc3ccc(C(=O)NCCOCCOCCOCC(=O)N[C@H](C(=O)N4C[C@H](O)C[C@H]4C(=O)NCc4ccc(-c5scnc5C)cc4)C(C)(C)C)cc3OC)ncc1-2. The number of carbonyl (C=O) groups excluding carboxylic acids is 4. The number of imidazole rings is 1. The van der Waals surface area contributed by atoms with E-state index in [-0.39, 0.29) is 89.6 Å². The van der Waals surface area contributed by atoms with E-state index in [1.807, 2.05) is 56.5 Å². The maximum absolute atomic E-state index is 14.0. The summed E-state index contributed by atoms with van der Waals surface area (Å²) in [6.45, 7) is 18.5. The van der Waals surface area contributed by atoms with Gasteiger partial charge in [0.25, 0.3) is 11.7 Å². The van der Waals surface area contributed by atoms with Crippen LogP contribution in [0.25, 0.3) is 21.0 Å². The highest BCUT2D eigenvalue weighted by Crippen LogP contribution is 2.46. The van der Waals surface area contributed by atoms with Gasteiger partial charge in [-0.3, -0.25) is 23.7 Å². The highest BCUT2D eigenvalue weighted by molar-refractivity contribution is 7.13. The van der Waals surface area contributed by atoms with Crippen LogP contribution in [0.3, 0.4) is 0 Å². The molecule has 21 nitrogen and oxygen atoms in total. The van der Waals surface area contributed by atoms with Crippen LogP contribution in [0.1, 0.15) is 99.6 Å². The minimum Gasteiger partial charge on any atom is -0.495 e. The number of rotatable bonds is 23. The standard InChI is InChI=1S/C54H68N12O9S/c1-8-40-45-48(55-6)59-31-65(45)42-28-58-53(63-49(42)66(40)37-11-9-10-12-37)61-39-18-17-36(25-43(39)72-7)50(69)56-19-20-73-21-22-74-23-24-75-30-44(68)62-47(54(3,4)5)52(71)64-29-38(67)26-41(64)51(70)57-27-34-13-15-35(16-14-34)46-33(2)60-32-76-46/h13-18,25,28,31-32,37-38,40-41,47,67H,8-12,19-24,26-27,29-30H2,1-5,7H3,(H,56,69)(H,57,70)(H,62,68)(H,58,61,63)/t38-,40-,41+,47-/m1/s1. The molecule has 0 unspecified atom stereocenters. The number of aliphatic hydroxyl groups is 1. The number of anilines is 3. The summed E-state index contributed by atoms with van der Waals surface area (Å²) < 4.78 is 24.4. The van der Waals surface area contributed by atoms with Crippen LogP contribution in [0, 0.1) is 18.9 Å². The van der Waals surface area contributed by atoms with Crippen molar-refractivity contribution in [1.82, 2.24) is 45.4 Å². The summed E-state index contributed by atoms with van der Waals surface area (Å²) in [6, 6.07) is 11.3. The van der Waals surface area contributed by atoms with Crippen LogP contribution in [-0.4, -0.2) is 142 Å². The van der Waals surface area contributed by atoms with Crippen molar-refractivity contribution < 1.29 is 43.2 Å². The molecule has 2 fully saturated rings. The number of aryl methyl sites for hydroxylation is 1. The van der Waals surface area contributed by atoms with Gasteiger partial charge in [-0.25, -0.2) is 9.97 Å². The number of methoxy groups -OCH3 is 1. The molecule has 76 heavy (non-hydrogen) atoms. The van der Waals surface area contributed by atoms with Crippen LogP contribution in [-0.2, 0) is 35.1 Å². The lowest BCUT2D eigenvalue weighted by molar-refractivity contribution is -0.144. The molecule has 2 aliphatic heterocycles. The first-order valence-corrected chi connectivity index (χ1v) is 26.7. The molecule has 4 amide bonds. The summed E-state index contributed by atoms with van der Waals surface area (Å²) >= 11 is 1.57. The van der Waals surface area contributed by atoms with Gasteiger partial charge in [0.05, 0.1) is 85.9 Å². The van der Waals surface area contributed by atoms with Crippen LogP contribution in [0.5, 0.6) is 5.75 Å². The number of aromatic nitrogens is 5. The lowest BCUT2D eigenvalue weighted by Gasteiger charge is -2.42. The van der Waals surface area contributed by atoms with E-state index in [0.29, 0.717) is 28.8 Å². The van der Waals surface area contributed by atoms with Gasteiger partial charge in [-0.15, -0.1) is 16.3 Å². The fraction of sp³-hybridized carbons (Fsp3) is 0.500. The lowest BCUT2D eigenvalue weighted by atomic mass is 9.85. The molecule has 1 saturated heterocycles. The van der Waals surface area contributed by atoms with Crippen LogP contribution in [0.4, 0.5) is 23.3 Å². The Balaban J connectivity index is 0.723. The zero-order chi connectivity index (χ0) is 53.9. The normalized spacial score (nSPS) is 17.6. The van der Waals surface area contributed by atoms with Crippen molar-refractivity contribution in [3.8, 4) is 21.9 Å². The quantitative estimate of drug-likeness (QED) is 0.0362. The number of thiazole rings is 1. The molecule has 0 spiro atoms. The monoisotopic (exact) mass is 1060 g/mol. The van der Waals surface area contributed by atoms with Crippen LogP contribution < -0.4 is 30.9 Å². The maximum atomic E-state index is 14.0. The zero-order valence-corrected chi connectivity index (χ0v) is 44.8. The molecule has 5 aromatic rings. The highest BCUT2D eigenvalue weighted by atomic mass is 32.1. The molecule has 5 N–H and O–H groups in total. The average molecular weight is 1060 g/mol. The second-order valence-electron chi connectivity index (χ2n) is 20.1. The summed E-state index contributed by atoms with van der Waals surface area (Å²) in [4.78, 5) is 80.5. The Morgan fingerprint density at radius 1 is 0.961 bits per heavy atom. The first-order valence-electron chi connectivity index (χ1n) is 25.8. The number of aliphatic hydroxyl groups excluding tert-OH is 1. The van der Waals surface area contributed by atoms with Crippen LogP contribution in [0.15, 0.2) is 60.5 Å². The Hall–Kier alpha value is -7.03. The summed E-state index contributed by atoms with van der Waals surface area (Å²) in [7, 11) is 1.53. The Labute approximate surface area is 446 Å². The molecular weight excluding hydrogens is 993 g/mol. The van der Waals surface area contributed by atoms with Gasteiger partial charge < -0.3 is 60.0 Å². The number of likely N-dealkylation sites (tertiary alicyclic amines) is 1. The largest absolute Gasteiger partial charge is 0.495 e. The first-order chi connectivity index (χ1) is 36.7. The molecule has 4 atom stereocenters. The van der Waals surface area contributed by atoms with E-state index >= 15 is 0 Å². The van der Waals surface area contributed by atoms with Gasteiger partial charge in [-0.05, 0) is 60.9 Å². The number of ether oxygens (including phenoxy) is 4. The van der Waals surface area contributed by atoms with Gasteiger partial charge in [0, 0.05) is 37.7 Å². The molecule has 3 aromatic heterocycles. The van der Waals surface area contributed by atoms with E-state index in [9.17, 15) is 24.3 Å². The van der Waals surface area contributed by atoms with E-state index < -0.39 is 35.4 Å². The number of β-amino-alcohol motifs (C(OH)–C–C–N with tert-alkyl or cyclic N) is 1. The second kappa shape index (κ2) is 25.2. The number of amides is 4.